The van der Waals surface area contributed by atoms with Crippen molar-refractivity contribution in [3.63, 3.8) is 0 Å². The summed E-state index contributed by atoms with van der Waals surface area (Å²) < 4.78 is 3.97. The molecule has 0 aliphatic heterocycles. The first kappa shape index (κ1) is 17.5. The fraction of sp³-hybridized carbons (Fsp3) is 0.167. The van der Waals surface area contributed by atoms with E-state index in [2.05, 4.69) is 88.5 Å². The van der Waals surface area contributed by atoms with Gasteiger partial charge in [0, 0.05) is 0 Å². The molecule has 0 unspecified atom stereocenters. The summed E-state index contributed by atoms with van der Waals surface area (Å²) in [5.41, 5.74) is 7.37. The first-order chi connectivity index (χ1) is 12.9. The van der Waals surface area contributed by atoms with E-state index in [0.717, 1.165) is 0 Å². The van der Waals surface area contributed by atoms with Crippen molar-refractivity contribution in [2.24, 2.45) is 0 Å². The molecule has 0 aromatic heterocycles. The van der Waals surface area contributed by atoms with Crippen LogP contribution in [0.1, 0.15) is 36.8 Å². The molecule has 3 aromatic rings. The summed E-state index contributed by atoms with van der Waals surface area (Å²) in [7, 11) is 0. The molecule has 1 nitrogen and oxygen atoms in total. The summed E-state index contributed by atoms with van der Waals surface area (Å²) in [5.74, 6) is 0. The van der Waals surface area contributed by atoms with Gasteiger partial charge in [-0.3, -0.25) is 0 Å². The number of hydrogen-bond acceptors (Lipinski definition) is 0. The Morgan fingerprint density at radius 1 is 0.615 bits per heavy atom. The molecule has 1 aliphatic rings. The van der Waals surface area contributed by atoms with Crippen LogP contribution >= 0.6 is 0 Å². The van der Waals surface area contributed by atoms with Gasteiger partial charge in [0.2, 0.25) is 0 Å². The van der Waals surface area contributed by atoms with Crippen molar-refractivity contribution in [1.82, 2.24) is 0 Å². The fourth-order valence-electron chi connectivity index (χ4n) is 3.64. The first-order valence-electron chi connectivity index (χ1n) is 9.30. The van der Waals surface area contributed by atoms with Crippen molar-refractivity contribution < 1.29 is 25.0 Å². The monoisotopic (exact) mass is 453 g/mol. The average Bonchev–Trinajstić information content (AvgIpc) is 2.74. The van der Waals surface area contributed by atoms with Gasteiger partial charge in [0.05, 0.1) is 0 Å². The first-order valence-corrected chi connectivity index (χ1v) is 11.6. The Labute approximate surface area is 166 Å². The minimum absolute atomic E-state index is 0.109. The van der Waals surface area contributed by atoms with Crippen molar-refractivity contribution in [1.29, 1.82) is 0 Å². The second kappa shape index (κ2) is 8.65. The van der Waals surface area contributed by atoms with Crippen LogP contribution in [0, 0.1) is 3.57 Å². The molecule has 0 saturated heterocycles. The summed E-state index contributed by atoms with van der Waals surface area (Å²) in [6.07, 6.45) is 4.99. The van der Waals surface area contributed by atoms with Crippen LogP contribution < -0.4 is 25.0 Å². The fourth-order valence-corrected chi connectivity index (χ4v) is 5.71. The SMILES string of the molecule is c1ccc([I-][NH2+]c2ccccc2C2=C(c3ccccc3)CCCC2)cc1. The summed E-state index contributed by atoms with van der Waals surface area (Å²) in [6, 6.07) is 30.8. The average molecular weight is 453 g/mol. The predicted octanol–water partition coefficient (Wildman–Crippen LogP) is 2.24. The van der Waals surface area contributed by atoms with Gasteiger partial charge >= 0.3 is 167 Å². The van der Waals surface area contributed by atoms with Gasteiger partial charge in [-0.05, 0) is 0 Å². The van der Waals surface area contributed by atoms with E-state index in [1.165, 1.54) is 46.1 Å². The van der Waals surface area contributed by atoms with Gasteiger partial charge in [0.25, 0.3) is 0 Å². The summed E-state index contributed by atoms with van der Waals surface area (Å²) in [4.78, 5) is 0. The zero-order valence-electron chi connectivity index (χ0n) is 14.9. The molecule has 26 heavy (non-hydrogen) atoms. The maximum atomic E-state index is 2.49. The van der Waals surface area contributed by atoms with Crippen molar-refractivity contribution in [3.05, 3.63) is 99.6 Å². The van der Waals surface area contributed by atoms with E-state index in [0.29, 0.717) is 0 Å². The molecular formula is C24H24IN. The molecule has 0 amide bonds. The number of nitrogens with two attached hydrogens (primary N) is 1. The van der Waals surface area contributed by atoms with Gasteiger partial charge in [-0.15, -0.1) is 0 Å². The molecule has 0 spiro atoms. The Hall–Kier alpha value is -1.91. The topological polar surface area (TPSA) is 16.6 Å². The Bertz CT molecular complexity index is 884. The number of quaternary nitrogens is 1. The third-order valence-corrected chi connectivity index (χ3v) is 7.33. The zero-order valence-corrected chi connectivity index (χ0v) is 17.0. The Morgan fingerprint density at radius 2 is 1.23 bits per heavy atom. The number of halogens is 1. The van der Waals surface area contributed by atoms with Crippen molar-refractivity contribution in [2.45, 2.75) is 25.7 Å². The van der Waals surface area contributed by atoms with Gasteiger partial charge < -0.3 is 0 Å². The predicted molar refractivity (Wildman–Crippen MR) is 105 cm³/mol. The third kappa shape index (κ3) is 4.08. The van der Waals surface area contributed by atoms with Crippen LogP contribution in [0.3, 0.4) is 0 Å². The molecule has 4 rings (SSSR count). The second-order valence-electron chi connectivity index (χ2n) is 6.63. The van der Waals surface area contributed by atoms with Crippen LogP contribution in [0.4, 0.5) is 5.69 Å². The molecule has 3 aromatic carbocycles. The molecular weight excluding hydrogens is 429 g/mol. The van der Waals surface area contributed by atoms with E-state index < -0.39 is 0 Å². The molecule has 1 aliphatic carbocycles. The molecule has 0 radical (unpaired) electrons. The Kier molecular flexibility index (Phi) is 5.82. The van der Waals surface area contributed by atoms with E-state index in [1.54, 1.807) is 11.1 Å². The van der Waals surface area contributed by atoms with Gasteiger partial charge in [0.1, 0.15) is 0 Å². The van der Waals surface area contributed by atoms with Crippen LogP contribution in [0.15, 0.2) is 84.9 Å². The van der Waals surface area contributed by atoms with Crippen molar-refractivity contribution in [3.8, 4) is 0 Å². The Balaban J connectivity index is 1.69. The third-order valence-electron chi connectivity index (χ3n) is 4.91. The molecule has 0 bridgehead atoms. The summed E-state index contributed by atoms with van der Waals surface area (Å²) >= 11 is -0.109. The summed E-state index contributed by atoms with van der Waals surface area (Å²) in [6.45, 7) is 0. The number of benzene rings is 3. The van der Waals surface area contributed by atoms with E-state index in [9.17, 15) is 0 Å². The summed E-state index contributed by atoms with van der Waals surface area (Å²) in [5, 5.41) is 0. The quantitative estimate of drug-likeness (QED) is 0.347. The number of rotatable bonds is 5. The van der Waals surface area contributed by atoms with Crippen LogP contribution in [0.2, 0.25) is 0 Å². The van der Waals surface area contributed by atoms with Crippen molar-refractivity contribution in [2.75, 3.05) is 0 Å². The van der Waals surface area contributed by atoms with E-state index in [4.69, 9.17) is 0 Å². The molecule has 132 valence electrons. The zero-order chi connectivity index (χ0) is 17.6. The second-order valence-corrected chi connectivity index (χ2v) is 9.12. The number of allylic oxidation sites excluding steroid dienone is 2. The van der Waals surface area contributed by atoms with E-state index >= 15 is 0 Å². The van der Waals surface area contributed by atoms with Crippen LogP contribution in [-0.2, 0) is 0 Å². The van der Waals surface area contributed by atoms with Gasteiger partial charge in [-0.1, -0.05) is 0 Å². The van der Waals surface area contributed by atoms with Gasteiger partial charge in [-0.25, -0.2) is 0 Å². The molecule has 0 heterocycles. The Morgan fingerprint density at radius 3 is 2.00 bits per heavy atom. The van der Waals surface area contributed by atoms with Crippen LogP contribution in [0.5, 0.6) is 0 Å². The standard InChI is InChI=1S/C24H24IN/c1-3-11-19(12-4-1)21-15-7-8-16-22(21)23-17-9-10-18-24(23)26-25-20-13-5-2-6-14-20/h1-6,9-14,17-18H,7-8,15-16,26H2. The molecule has 0 saturated carbocycles. The number of hydrogen-bond donors (Lipinski definition) is 1. The minimum atomic E-state index is -0.109. The maximum absolute atomic E-state index is 2.49. The van der Waals surface area contributed by atoms with Crippen LogP contribution in [0.25, 0.3) is 11.1 Å². The van der Waals surface area contributed by atoms with Crippen LogP contribution in [-0.4, -0.2) is 0 Å². The normalized spacial score (nSPS) is 14.6. The molecule has 0 fully saturated rings. The molecule has 0 atom stereocenters. The van der Waals surface area contributed by atoms with Gasteiger partial charge in [-0.2, -0.15) is 0 Å². The van der Waals surface area contributed by atoms with E-state index in [1.807, 2.05) is 0 Å². The molecule has 2 N–H and O–H groups in total. The van der Waals surface area contributed by atoms with Gasteiger partial charge in [0.15, 0.2) is 0 Å². The molecule has 2 heteroatoms. The van der Waals surface area contributed by atoms with E-state index in [-0.39, 0.29) is 21.5 Å². The van der Waals surface area contributed by atoms with Crippen molar-refractivity contribution >= 4 is 16.8 Å².